The Morgan fingerprint density at radius 1 is 1.43 bits per heavy atom. The first-order chi connectivity index (χ1) is 6.69. The molecule has 1 heterocycles. The minimum absolute atomic E-state index is 0.649. The molecule has 1 fully saturated rings. The molecule has 1 saturated heterocycles. The third-order valence-corrected chi connectivity index (χ3v) is 3.40. The van der Waals surface area contributed by atoms with E-state index in [0.29, 0.717) is 6.04 Å². The monoisotopic (exact) mass is 198 g/mol. The van der Waals surface area contributed by atoms with Gasteiger partial charge in [-0.25, -0.2) is 0 Å². The van der Waals surface area contributed by atoms with E-state index in [1.54, 1.807) is 0 Å². The van der Waals surface area contributed by atoms with Crippen LogP contribution in [0.25, 0.3) is 0 Å². The van der Waals surface area contributed by atoms with E-state index >= 15 is 0 Å². The fourth-order valence-corrected chi connectivity index (χ4v) is 2.73. The summed E-state index contributed by atoms with van der Waals surface area (Å²) in [4.78, 5) is 2.61. The molecule has 0 aromatic heterocycles. The highest BCUT2D eigenvalue weighted by molar-refractivity contribution is 4.84. The number of nitrogens with zero attached hydrogens (tertiary/aromatic N) is 1. The van der Waals surface area contributed by atoms with E-state index < -0.39 is 0 Å². The molecule has 0 radical (unpaired) electrons. The van der Waals surface area contributed by atoms with Crippen molar-refractivity contribution in [3.8, 4) is 0 Å². The quantitative estimate of drug-likeness (QED) is 0.749. The minimum atomic E-state index is 0.649. The second kappa shape index (κ2) is 5.72. The van der Waals surface area contributed by atoms with Crippen LogP contribution in [0.1, 0.15) is 40.0 Å². The van der Waals surface area contributed by atoms with Crippen LogP contribution in [0.5, 0.6) is 0 Å². The molecule has 2 nitrogen and oxygen atoms in total. The van der Waals surface area contributed by atoms with Crippen molar-refractivity contribution >= 4 is 0 Å². The third-order valence-electron chi connectivity index (χ3n) is 3.40. The molecule has 1 aliphatic heterocycles. The standard InChI is InChI=1S/C12H26N2/c1-4-11-6-5-7-14(9-10(2)3)12(11)8-13/h10-12H,4-9,13H2,1-3H3. The van der Waals surface area contributed by atoms with E-state index in [1.165, 1.54) is 32.4 Å². The molecule has 2 unspecified atom stereocenters. The largest absolute Gasteiger partial charge is 0.329 e. The summed E-state index contributed by atoms with van der Waals surface area (Å²) in [5, 5.41) is 0. The smallest absolute Gasteiger partial charge is 0.0246 e. The Kier molecular flexibility index (Phi) is 4.90. The van der Waals surface area contributed by atoms with Gasteiger partial charge >= 0.3 is 0 Å². The summed E-state index contributed by atoms with van der Waals surface area (Å²) in [7, 11) is 0. The van der Waals surface area contributed by atoms with Crippen LogP contribution in [0, 0.1) is 11.8 Å². The van der Waals surface area contributed by atoms with Crippen LogP contribution >= 0.6 is 0 Å². The summed E-state index contributed by atoms with van der Waals surface area (Å²) < 4.78 is 0. The number of piperidine rings is 1. The van der Waals surface area contributed by atoms with Gasteiger partial charge in [0.1, 0.15) is 0 Å². The van der Waals surface area contributed by atoms with Gasteiger partial charge in [-0.2, -0.15) is 0 Å². The van der Waals surface area contributed by atoms with Crippen LogP contribution in [0.2, 0.25) is 0 Å². The third kappa shape index (κ3) is 2.96. The van der Waals surface area contributed by atoms with Crippen LogP contribution in [-0.2, 0) is 0 Å². The highest BCUT2D eigenvalue weighted by atomic mass is 15.2. The molecule has 2 N–H and O–H groups in total. The van der Waals surface area contributed by atoms with Crippen molar-refractivity contribution in [2.75, 3.05) is 19.6 Å². The van der Waals surface area contributed by atoms with Gasteiger partial charge in [-0.1, -0.05) is 27.2 Å². The van der Waals surface area contributed by atoms with E-state index in [1.807, 2.05) is 0 Å². The molecule has 14 heavy (non-hydrogen) atoms. The summed E-state index contributed by atoms with van der Waals surface area (Å²) in [6.07, 6.45) is 4.03. The van der Waals surface area contributed by atoms with Gasteiger partial charge in [0, 0.05) is 19.1 Å². The molecule has 0 aromatic carbocycles. The number of nitrogens with two attached hydrogens (primary N) is 1. The average molecular weight is 198 g/mol. The normalized spacial score (nSPS) is 29.8. The van der Waals surface area contributed by atoms with Gasteiger partial charge in [-0.15, -0.1) is 0 Å². The van der Waals surface area contributed by atoms with Crippen LogP contribution in [0.3, 0.4) is 0 Å². The van der Waals surface area contributed by atoms with Gasteiger partial charge in [0.25, 0.3) is 0 Å². The van der Waals surface area contributed by atoms with Gasteiger partial charge in [0.2, 0.25) is 0 Å². The number of likely N-dealkylation sites (tertiary alicyclic amines) is 1. The summed E-state index contributed by atoms with van der Waals surface area (Å²) in [6.45, 7) is 10.2. The predicted octanol–water partition coefficient (Wildman–Crippen LogP) is 2.09. The lowest BCUT2D eigenvalue weighted by atomic mass is 9.86. The first kappa shape index (κ1) is 12.0. The van der Waals surface area contributed by atoms with Gasteiger partial charge in [0.15, 0.2) is 0 Å². The van der Waals surface area contributed by atoms with E-state index in [-0.39, 0.29) is 0 Å². The maximum Gasteiger partial charge on any atom is 0.0246 e. The minimum Gasteiger partial charge on any atom is -0.329 e. The zero-order valence-electron chi connectivity index (χ0n) is 10.00. The Balaban J connectivity index is 2.54. The van der Waals surface area contributed by atoms with Crippen LogP contribution < -0.4 is 5.73 Å². The first-order valence-corrected chi connectivity index (χ1v) is 6.13. The maximum absolute atomic E-state index is 5.89. The zero-order chi connectivity index (χ0) is 10.6. The van der Waals surface area contributed by atoms with Gasteiger partial charge in [-0.3, -0.25) is 4.90 Å². The molecular formula is C12H26N2. The predicted molar refractivity (Wildman–Crippen MR) is 62.3 cm³/mol. The zero-order valence-corrected chi connectivity index (χ0v) is 10.00. The van der Waals surface area contributed by atoms with Crippen molar-refractivity contribution in [1.29, 1.82) is 0 Å². The Morgan fingerprint density at radius 2 is 2.14 bits per heavy atom. The van der Waals surface area contributed by atoms with E-state index in [4.69, 9.17) is 5.73 Å². The number of hydrogen-bond donors (Lipinski definition) is 1. The lowest BCUT2D eigenvalue weighted by Gasteiger charge is -2.41. The highest BCUT2D eigenvalue weighted by Crippen LogP contribution is 2.26. The van der Waals surface area contributed by atoms with E-state index in [9.17, 15) is 0 Å². The number of hydrogen-bond acceptors (Lipinski definition) is 2. The van der Waals surface area contributed by atoms with Crippen molar-refractivity contribution in [2.45, 2.75) is 46.1 Å². The maximum atomic E-state index is 5.89. The molecule has 2 heteroatoms. The SMILES string of the molecule is CCC1CCCN(CC(C)C)C1CN. The molecule has 0 spiro atoms. The lowest BCUT2D eigenvalue weighted by molar-refractivity contribution is 0.0839. The highest BCUT2D eigenvalue weighted by Gasteiger charge is 2.28. The fourth-order valence-electron chi connectivity index (χ4n) is 2.73. The second-order valence-corrected chi connectivity index (χ2v) is 5.00. The molecule has 0 saturated carbocycles. The van der Waals surface area contributed by atoms with Crippen molar-refractivity contribution in [3.63, 3.8) is 0 Å². The van der Waals surface area contributed by atoms with Crippen molar-refractivity contribution in [1.82, 2.24) is 4.90 Å². The Labute approximate surface area is 88.8 Å². The molecule has 84 valence electrons. The van der Waals surface area contributed by atoms with Crippen molar-refractivity contribution < 1.29 is 0 Å². The molecule has 2 atom stereocenters. The Bertz CT molecular complexity index is 156. The van der Waals surface area contributed by atoms with Gasteiger partial charge < -0.3 is 5.73 Å². The number of rotatable bonds is 4. The molecule has 0 bridgehead atoms. The summed E-state index contributed by atoms with van der Waals surface area (Å²) in [5.74, 6) is 1.60. The summed E-state index contributed by atoms with van der Waals surface area (Å²) in [5.41, 5.74) is 5.89. The lowest BCUT2D eigenvalue weighted by Crippen LogP contribution is -2.50. The van der Waals surface area contributed by atoms with E-state index in [0.717, 1.165) is 18.4 Å². The van der Waals surface area contributed by atoms with Crippen molar-refractivity contribution in [2.24, 2.45) is 17.6 Å². The van der Waals surface area contributed by atoms with Gasteiger partial charge in [-0.05, 0) is 31.2 Å². The summed E-state index contributed by atoms with van der Waals surface area (Å²) >= 11 is 0. The van der Waals surface area contributed by atoms with Crippen LogP contribution in [-0.4, -0.2) is 30.6 Å². The van der Waals surface area contributed by atoms with Crippen LogP contribution in [0.15, 0.2) is 0 Å². The second-order valence-electron chi connectivity index (χ2n) is 5.00. The fraction of sp³-hybridized carbons (Fsp3) is 1.00. The van der Waals surface area contributed by atoms with E-state index in [2.05, 4.69) is 25.7 Å². The molecule has 1 aliphatic rings. The van der Waals surface area contributed by atoms with Crippen LogP contribution in [0.4, 0.5) is 0 Å². The Morgan fingerprint density at radius 3 is 2.64 bits per heavy atom. The molecule has 0 aromatic rings. The Hall–Kier alpha value is -0.0800. The average Bonchev–Trinajstić information content (AvgIpc) is 2.16. The van der Waals surface area contributed by atoms with Crippen molar-refractivity contribution in [3.05, 3.63) is 0 Å². The molecular weight excluding hydrogens is 172 g/mol. The van der Waals surface area contributed by atoms with Gasteiger partial charge in [0.05, 0.1) is 0 Å². The topological polar surface area (TPSA) is 29.3 Å². The molecule has 0 aliphatic carbocycles. The summed E-state index contributed by atoms with van der Waals surface area (Å²) in [6, 6.07) is 0.649. The molecule has 0 amide bonds. The molecule has 1 rings (SSSR count). The first-order valence-electron chi connectivity index (χ1n) is 6.13.